The Labute approximate surface area is 92.2 Å². The number of alkyl halides is 2. The third-order valence-corrected chi connectivity index (χ3v) is 2.41. The molecule has 7 heteroatoms. The fraction of sp³-hybridized carbons (Fsp3) is 0.250. The number of pyridine rings is 1. The molecule has 3 N–H and O–H groups in total. The van der Waals surface area contributed by atoms with Gasteiger partial charge in [0.25, 0.3) is 6.43 Å². The molecule has 0 saturated carbocycles. The summed E-state index contributed by atoms with van der Waals surface area (Å²) in [6.07, 6.45) is -2.81. The molecular formula is C8H7BrF2N2O2. The van der Waals surface area contributed by atoms with E-state index in [1.165, 1.54) is 0 Å². The van der Waals surface area contributed by atoms with Crippen LogP contribution in [0.4, 0.5) is 8.78 Å². The Balaban J connectivity index is 3.38. The zero-order valence-corrected chi connectivity index (χ0v) is 8.96. The van der Waals surface area contributed by atoms with Crippen LogP contribution in [-0.4, -0.2) is 16.1 Å². The molecule has 1 aromatic heterocycles. The highest BCUT2D eigenvalue weighted by atomic mass is 79.9. The van der Waals surface area contributed by atoms with Crippen LogP contribution in [0.3, 0.4) is 0 Å². The van der Waals surface area contributed by atoms with Crippen LogP contribution in [0.15, 0.2) is 10.7 Å². The predicted molar refractivity (Wildman–Crippen MR) is 51.7 cm³/mol. The topological polar surface area (TPSA) is 76.2 Å². The van der Waals surface area contributed by atoms with Crippen LogP contribution in [-0.2, 0) is 6.54 Å². The summed E-state index contributed by atoms with van der Waals surface area (Å²) in [5.41, 5.74) is 4.65. The zero-order chi connectivity index (χ0) is 11.6. The van der Waals surface area contributed by atoms with Crippen molar-refractivity contribution >= 4 is 21.9 Å². The van der Waals surface area contributed by atoms with Crippen molar-refractivity contribution in [1.29, 1.82) is 0 Å². The van der Waals surface area contributed by atoms with Crippen LogP contribution < -0.4 is 5.73 Å². The van der Waals surface area contributed by atoms with Crippen LogP contribution in [0.2, 0.25) is 0 Å². The van der Waals surface area contributed by atoms with Gasteiger partial charge >= 0.3 is 5.97 Å². The molecule has 0 aromatic carbocycles. The largest absolute Gasteiger partial charge is 0.478 e. The Morgan fingerprint density at radius 1 is 1.67 bits per heavy atom. The van der Waals surface area contributed by atoms with E-state index < -0.39 is 18.1 Å². The molecule has 0 atom stereocenters. The molecule has 0 spiro atoms. The number of hydrogen-bond acceptors (Lipinski definition) is 3. The molecule has 1 heterocycles. The number of hydrogen-bond donors (Lipinski definition) is 2. The van der Waals surface area contributed by atoms with Gasteiger partial charge in [0.15, 0.2) is 0 Å². The van der Waals surface area contributed by atoms with E-state index in [4.69, 9.17) is 10.8 Å². The first kappa shape index (κ1) is 12.0. The molecule has 0 radical (unpaired) electrons. The Kier molecular flexibility index (Phi) is 3.70. The highest BCUT2D eigenvalue weighted by Crippen LogP contribution is 2.25. The second-order valence-corrected chi connectivity index (χ2v) is 3.43. The SMILES string of the molecule is NCc1c(C(=O)O)cc(C(F)F)nc1Br. The van der Waals surface area contributed by atoms with Crippen LogP contribution >= 0.6 is 15.9 Å². The summed E-state index contributed by atoms with van der Waals surface area (Å²) in [6, 6.07) is 0.833. The molecule has 0 aliphatic carbocycles. The Bertz CT molecular complexity index is 398. The van der Waals surface area contributed by atoms with Crippen LogP contribution in [0.25, 0.3) is 0 Å². The zero-order valence-electron chi connectivity index (χ0n) is 7.38. The Hall–Kier alpha value is -1.08. The maximum Gasteiger partial charge on any atom is 0.336 e. The van der Waals surface area contributed by atoms with Crippen molar-refractivity contribution in [3.8, 4) is 0 Å². The van der Waals surface area contributed by atoms with Crippen molar-refractivity contribution in [2.24, 2.45) is 5.73 Å². The quantitative estimate of drug-likeness (QED) is 0.830. The lowest BCUT2D eigenvalue weighted by Crippen LogP contribution is -2.10. The molecule has 0 aliphatic rings. The van der Waals surface area contributed by atoms with Gasteiger partial charge in [0.1, 0.15) is 10.3 Å². The van der Waals surface area contributed by atoms with Crippen molar-refractivity contribution in [1.82, 2.24) is 4.98 Å². The van der Waals surface area contributed by atoms with Gasteiger partial charge < -0.3 is 10.8 Å². The summed E-state index contributed by atoms with van der Waals surface area (Å²) in [5.74, 6) is -1.31. The molecule has 0 bridgehead atoms. The number of carboxylic acids is 1. The fourth-order valence-electron chi connectivity index (χ4n) is 1.06. The molecule has 0 saturated heterocycles. The van der Waals surface area contributed by atoms with Crippen molar-refractivity contribution < 1.29 is 18.7 Å². The average Bonchev–Trinajstić information content (AvgIpc) is 2.16. The molecule has 1 aromatic rings. The van der Waals surface area contributed by atoms with Crippen molar-refractivity contribution in [2.75, 3.05) is 0 Å². The molecular weight excluding hydrogens is 274 g/mol. The second-order valence-electron chi connectivity index (χ2n) is 2.67. The summed E-state index contributed by atoms with van der Waals surface area (Å²) in [6.45, 7) is -0.0846. The number of aromatic carboxylic acids is 1. The number of rotatable bonds is 3. The van der Waals surface area contributed by atoms with E-state index in [1.54, 1.807) is 0 Å². The number of carboxylic acid groups (broad SMARTS) is 1. The van der Waals surface area contributed by atoms with E-state index in [0.29, 0.717) is 0 Å². The highest BCUT2D eigenvalue weighted by Gasteiger charge is 2.19. The molecule has 0 amide bonds. The van der Waals surface area contributed by atoms with Gasteiger partial charge in [-0.2, -0.15) is 0 Å². The molecule has 0 unspecified atom stereocenters. The number of carbonyl (C=O) groups is 1. The summed E-state index contributed by atoms with van der Waals surface area (Å²) < 4.78 is 24.7. The smallest absolute Gasteiger partial charge is 0.336 e. The molecule has 82 valence electrons. The van der Waals surface area contributed by atoms with E-state index in [9.17, 15) is 13.6 Å². The van der Waals surface area contributed by atoms with Gasteiger partial charge in [-0.05, 0) is 22.0 Å². The number of aromatic nitrogens is 1. The second kappa shape index (κ2) is 4.63. The molecule has 15 heavy (non-hydrogen) atoms. The number of nitrogens with two attached hydrogens (primary N) is 1. The molecule has 0 fully saturated rings. The number of halogens is 3. The van der Waals surface area contributed by atoms with Gasteiger partial charge in [-0.25, -0.2) is 18.6 Å². The van der Waals surface area contributed by atoms with Crippen molar-refractivity contribution in [3.05, 3.63) is 27.5 Å². The standard InChI is InChI=1S/C8H7BrF2N2O2/c9-6-4(2-12)3(8(14)15)1-5(13-6)7(10)11/h1,7H,2,12H2,(H,14,15). The summed E-state index contributed by atoms with van der Waals surface area (Å²) in [5, 5.41) is 8.78. The van der Waals surface area contributed by atoms with Gasteiger partial charge in [-0.1, -0.05) is 0 Å². The van der Waals surface area contributed by atoms with E-state index >= 15 is 0 Å². The minimum absolute atomic E-state index is 0.0419. The van der Waals surface area contributed by atoms with Gasteiger partial charge in [-0.15, -0.1) is 0 Å². The highest BCUT2D eigenvalue weighted by molar-refractivity contribution is 9.10. The maximum absolute atomic E-state index is 12.3. The van der Waals surface area contributed by atoms with E-state index in [-0.39, 0.29) is 22.3 Å². The molecule has 0 aliphatic heterocycles. The van der Waals surface area contributed by atoms with Crippen molar-refractivity contribution in [2.45, 2.75) is 13.0 Å². The fourth-order valence-corrected chi connectivity index (χ4v) is 1.64. The minimum atomic E-state index is -2.81. The summed E-state index contributed by atoms with van der Waals surface area (Å²) in [4.78, 5) is 14.3. The summed E-state index contributed by atoms with van der Waals surface area (Å²) in [7, 11) is 0. The predicted octanol–water partition coefficient (Wildman–Crippen LogP) is 1.94. The normalized spacial score (nSPS) is 10.7. The van der Waals surface area contributed by atoms with Gasteiger partial charge in [0.05, 0.1) is 5.56 Å². The van der Waals surface area contributed by atoms with E-state index in [0.717, 1.165) is 6.07 Å². The first-order chi connectivity index (χ1) is 6.97. The van der Waals surface area contributed by atoms with Crippen LogP contribution in [0.5, 0.6) is 0 Å². The molecule has 1 rings (SSSR count). The van der Waals surface area contributed by atoms with Gasteiger partial charge in [-0.3, -0.25) is 0 Å². The lowest BCUT2D eigenvalue weighted by Gasteiger charge is -2.08. The first-order valence-corrected chi connectivity index (χ1v) is 4.67. The average molecular weight is 281 g/mol. The van der Waals surface area contributed by atoms with Gasteiger partial charge in [0.2, 0.25) is 0 Å². The third kappa shape index (κ3) is 2.48. The van der Waals surface area contributed by atoms with Crippen LogP contribution in [0, 0.1) is 0 Å². The monoisotopic (exact) mass is 280 g/mol. The minimum Gasteiger partial charge on any atom is -0.478 e. The lowest BCUT2D eigenvalue weighted by atomic mass is 10.1. The Morgan fingerprint density at radius 3 is 2.67 bits per heavy atom. The Morgan fingerprint density at radius 2 is 2.27 bits per heavy atom. The number of nitrogens with zero attached hydrogens (tertiary/aromatic N) is 1. The summed E-state index contributed by atoms with van der Waals surface area (Å²) >= 11 is 2.91. The van der Waals surface area contributed by atoms with Crippen molar-refractivity contribution in [3.63, 3.8) is 0 Å². The van der Waals surface area contributed by atoms with E-state index in [1.807, 2.05) is 0 Å². The maximum atomic E-state index is 12.3. The lowest BCUT2D eigenvalue weighted by molar-refractivity contribution is 0.0694. The van der Waals surface area contributed by atoms with Crippen LogP contribution in [0.1, 0.15) is 28.0 Å². The first-order valence-electron chi connectivity index (χ1n) is 3.88. The third-order valence-electron chi connectivity index (χ3n) is 1.75. The van der Waals surface area contributed by atoms with Gasteiger partial charge in [0, 0.05) is 12.1 Å². The molecule has 4 nitrogen and oxygen atoms in total. The van der Waals surface area contributed by atoms with E-state index in [2.05, 4.69) is 20.9 Å².